The standard InChI is InChI=1S/C12H12N4O3/c1-8(17)9-4-3-5-10(6-9)14-12-11(16(18)19)13-7-15(12)2/h3-7,14H,1-2H3. The van der Waals surface area contributed by atoms with E-state index in [-0.39, 0.29) is 17.4 Å². The molecule has 0 fully saturated rings. The minimum atomic E-state index is -0.558. The summed E-state index contributed by atoms with van der Waals surface area (Å²) in [6, 6.07) is 6.76. The lowest BCUT2D eigenvalue weighted by Crippen LogP contribution is -2.01. The molecule has 0 aliphatic heterocycles. The summed E-state index contributed by atoms with van der Waals surface area (Å²) < 4.78 is 1.51. The van der Waals surface area contributed by atoms with Crippen molar-refractivity contribution in [2.45, 2.75) is 6.92 Å². The summed E-state index contributed by atoms with van der Waals surface area (Å²) in [5.41, 5.74) is 1.13. The first kappa shape index (κ1) is 12.7. The monoisotopic (exact) mass is 260 g/mol. The fourth-order valence-corrected chi connectivity index (χ4v) is 1.65. The van der Waals surface area contributed by atoms with Gasteiger partial charge in [0.05, 0.1) is 0 Å². The van der Waals surface area contributed by atoms with Crippen LogP contribution in [-0.4, -0.2) is 20.3 Å². The quantitative estimate of drug-likeness (QED) is 0.517. The van der Waals surface area contributed by atoms with E-state index in [1.165, 1.54) is 17.8 Å². The number of aryl methyl sites for hydroxylation is 1. The van der Waals surface area contributed by atoms with E-state index < -0.39 is 4.92 Å². The second-order valence-corrected chi connectivity index (χ2v) is 4.05. The Bertz CT molecular complexity index is 648. The Morgan fingerprint density at radius 3 is 2.84 bits per heavy atom. The molecule has 0 aliphatic rings. The molecule has 98 valence electrons. The number of Topliss-reactive ketones (excluding diaryl/α,β-unsaturated/α-hetero) is 1. The second-order valence-electron chi connectivity index (χ2n) is 4.05. The van der Waals surface area contributed by atoms with Crippen LogP contribution >= 0.6 is 0 Å². The van der Waals surface area contributed by atoms with Crippen molar-refractivity contribution < 1.29 is 9.72 Å². The molecule has 0 saturated heterocycles. The third-order valence-corrected chi connectivity index (χ3v) is 2.62. The highest BCUT2D eigenvalue weighted by molar-refractivity contribution is 5.95. The van der Waals surface area contributed by atoms with Gasteiger partial charge >= 0.3 is 5.82 Å². The van der Waals surface area contributed by atoms with Crippen LogP contribution in [0, 0.1) is 10.1 Å². The number of aromatic nitrogens is 2. The molecule has 7 heteroatoms. The van der Waals surface area contributed by atoms with E-state index >= 15 is 0 Å². The topological polar surface area (TPSA) is 90.1 Å². The number of nitrogens with zero attached hydrogens (tertiary/aromatic N) is 3. The molecule has 0 atom stereocenters. The average Bonchev–Trinajstić information content (AvgIpc) is 2.71. The van der Waals surface area contributed by atoms with Gasteiger partial charge < -0.3 is 15.4 Å². The molecule has 0 spiro atoms. The minimum Gasteiger partial charge on any atom is -0.358 e. The summed E-state index contributed by atoms with van der Waals surface area (Å²) >= 11 is 0. The fraction of sp³-hybridized carbons (Fsp3) is 0.167. The Morgan fingerprint density at radius 2 is 2.21 bits per heavy atom. The zero-order valence-electron chi connectivity index (χ0n) is 10.5. The molecule has 0 radical (unpaired) electrons. The van der Waals surface area contributed by atoms with Gasteiger partial charge in [0, 0.05) is 18.3 Å². The van der Waals surface area contributed by atoms with Crippen molar-refractivity contribution in [3.8, 4) is 0 Å². The Labute approximate surface area is 109 Å². The van der Waals surface area contributed by atoms with Crippen molar-refractivity contribution in [1.29, 1.82) is 0 Å². The van der Waals surface area contributed by atoms with Gasteiger partial charge in [0.15, 0.2) is 5.78 Å². The van der Waals surface area contributed by atoms with Gasteiger partial charge in [-0.3, -0.25) is 9.36 Å². The first-order valence-electron chi connectivity index (χ1n) is 5.53. The van der Waals surface area contributed by atoms with Crippen molar-refractivity contribution in [2.75, 3.05) is 5.32 Å². The summed E-state index contributed by atoms with van der Waals surface area (Å²) in [7, 11) is 1.65. The summed E-state index contributed by atoms with van der Waals surface area (Å²) in [6.07, 6.45) is 1.36. The zero-order valence-corrected chi connectivity index (χ0v) is 10.5. The maximum absolute atomic E-state index is 11.3. The summed E-state index contributed by atoms with van der Waals surface area (Å²) in [5, 5.41) is 13.7. The van der Waals surface area contributed by atoms with E-state index in [9.17, 15) is 14.9 Å². The number of hydrogen-bond acceptors (Lipinski definition) is 5. The number of nitrogens with one attached hydrogen (secondary N) is 1. The molecule has 2 rings (SSSR count). The van der Waals surface area contributed by atoms with E-state index in [1.807, 2.05) is 0 Å². The lowest BCUT2D eigenvalue weighted by molar-refractivity contribution is -0.388. The predicted molar refractivity (Wildman–Crippen MR) is 69.6 cm³/mol. The van der Waals surface area contributed by atoms with Crippen LogP contribution in [0.4, 0.5) is 17.3 Å². The molecule has 0 saturated carbocycles. The fourth-order valence-electron chi connectivity index (χ4n) is 1.65. The SMILES string of the molecule is CC(=O)c1cccc(Nc2c([N+](=O)[O-])ncn2C)c1. The van der Waals surface area contributed by atoms with Crippen LogP contribution in [-0.2, 0) is 7.05 Å². The van der Waals surface area contributed by atoms with Crippen molar-refractivity contribution in [1.82, 2.24) is 9.55 Å². The molecule has 0 bridgehead atoms. The lowest BCUT2D eigenvalue weighted by Gasteiger charge is -2.07. The Morgan fingerprint density at radius 1 is 1.47 bits per heavy atom. The van der Waals surface area contributed by atoms with Gasteiger partial charge in [-0.25, -0.2) is 0 Å². The molecule has 2 aromatic rings. The number of ketones is 1. The van der Waals surface area contributed by atoms with Crippen LogP contribution in [0.15, 0.2) is 30.6 Å². The molecule has 1 N–H and O–H groups in total. The lowest BCUT2D eigenvalue weighted by atomic mass is 10.1. The van der Waals surface area contributed by atoms with Gasteiger partial charge in [-0.15, -0.1) is 0 Å². The largest absolute Gasteiger partial charge is 0.406 e. The van der Waals surface area contributed by atoms with Gasteiger partial charge in [-0.1, -0.05) is 12.1 Å². The number of benzene rings is 1. The Balaban J connectivity index is 2.36. The normalized spacial score (nSPS) is 10.2. The number of carbonyl (C=O) groups is 1. The molecule has 1 heterocycles. The number of anilines is 2. The number of carbonyl (C=O) groups excluding carboxylic acids is 1. The van der Waals surface area contributed by atoms with Crippen molar-refractivity contribution in [2.24, 2.45) is 7.05 Å². The van der Waals surface area contributed by atoms with Gasteiger partial charge in [0.2, 0.25) is 12.1 Å². The third-order valence-electron chi connectivity index (χ3n) is 2.62. The van der Waals surface area contributed by atoms with E-state index in [2.05, 4.69) is 10.3 Å². The van der Waals surface area contributed by atoms with Crippen LogP contribution in [0.3, 0.4) is 0 Å². The Kier molecular flexibility index (Phi) is 3.28. The maximum Gasteiger partial charge on any atom is 0.406 e. The third kappa shape index (κ3) is 2.59. The van der Waals surface area contributed by atoms with Crippen LogP contribution in [0.1, 0.15) is 17.3 Å². The smallest absolute Gasteiger partial charge is 0.358 e. The molecule has 1 aromatic carbocycles. The highest BCUT2D eigenvalue weighted by Gasteiger charge is 2.20. The highest BCUT2D eigenvalue weighted by Crippen LogP contribution is 2.25. The summed E-state index contributed by atoms with van der Waals surface area (Å²) in [4.78, 5) is 25.3. The average molecular weight is 260 g/mol. The van der Waals surface area contributed by atoms with Crippen LogP contribution in [0.25, 0.3) is 0 Å². The van der Waals surface area contributed by atoms with Crippen LogP contribution in [0.2, 0.25) is 0 Å². The second kappa shape index (κ2) is 4.89. The molecule has 0 amide bonds. The predicted octanol–water partition coefficient (Wildman–Crippen LogP) is 2.27. The summed E-state index contributed by atoms with van der Waals surface area (Å²) in [5.74, 6) is -0.0513. The van der Waals surface area contributed by atoms with Gasteiger partial charge in [-0.2, -0.15) is 0 Å². The zero-order chi connectivity index (χ0) is 14.0. The minimum absolute atomic E-state index is 0.0665. The van der Waals surface area contributed by atoms with Crippen molar-refractivity contribution >= 4 is 23.1 Å². The molecule has 1 aromatic heterocycles. The molecule has 0 unspecified atom stereocenters. The number of imidazole rings is 1. The van der Waals surface area contributed by atoms with Crippen molar-refractivity contribution in [3.63, 3.8) is 0 Å². The molecule has 19 heavy (non-hydrogen) atoms. The van der Waals surface area contributed by atoms with Gasteiger partial charge in [0.25, 0.3) is 0 Å². The van der Waals surface area contributed by atoms with E-state index in [0.29, 0.717) is 11.3 Å². The first-order valence-corrected chi connectivity index (χ1v) is 5.53. The van der Waals surface area contributed by atoms with Crippen molar-refractivity contribution in [3.05, 3.63) is 46.3 Å². The van der Waals surface area contributed by atoms with E-state index in [1.54, 1.807) is 31.3 Å². The summed E-state index contributed by atoms with van der Waals surface area (Å²) in [6.45, 7) is 1.46. The van der Waals surface area contributed by atoms with Crippen LogP contribution < -0.4 is 5.32 Å². The molecular formula is C12H12N4O3. The molecular weight excluding hydrogens is 248 g/mol. The number of hydrogen-bond donors (Lipinski definition) is 1. The number of nitro groups is 1. The molecule has 7 nitrogen and oxygen atoms in total. The molecule has 0 aliphatic carbocycles. The first-order chi connectivity index (χ1) is 8.99. The van der Waals surface area contributed by atoms with Gasteiger partial charge in [0.1, 0.15) is 0 Å². The van der Waals surface area contributed by atoms with E-state index in [4.69, 9.17) is 0 Å². The number of rotatable bonds is 4. The van der Waals surface area contributed by atoms with Gasteiger partial charge in [-0.05, 0) is 29.0 Å². The highest BCUT2D eigenvalue weighted by atomic mass is 16.6. The Hall–Kier alpha value is -2.70. The van der Waals surface area contributed by atoms with E-state index in [0.717, 1.165) is 0 Å². The maximum atomic E-state index is 11.3. The van der Waals surface area contributed by atoms with Crippen LogP contribution in [0.5, 0.6) is 0 Å².